The highest BCUT2D eigenvalue weighted by atomic mass is 16.5. The maximum atomic E-state index is 9.31. The van der Waals surface area contributed by atoms with Crippen LogP contribution in [0.5, 0.6) is 5.75 Å². The molecule has 1 aliphatic rings. The second-order valence-electron chi connectivity index (χ2n) is 5.09. The largest absolute Gasteiger partial charge is 0.493 e. The molecule has 5 nitrogen and oxygen atoms in total. The van der Waals surface area contributed by atoms with Gasteiger partial charge in [0.15, 0.2) is 11.6 Å². The third-order valence-electron chi connectivity index (χ3n) is 2.96. The number of aliphatic hydroxyl groups excluding tert-OH is 1. The molecule has 0 amide bonds. The normalized spacial score (nSPS) is 22.9. The first-order chi connectivity index (χ1) is 8.55. The summed E-state index contributed by atoms with van der Waals surface area (Å²) in [6, 6.07) is 3.73. The van der Waals surface area contributed by atoms with Gasteiger partial charge in [0.1, 0.15) is 0 Å². The second-order valence-corrected chi connectivity index (χ2v) is 5.09. The molecule has 1 aromatic rings. The van der Waals surface area contributed by atoms with Crippen molar-refractivity contribution in [3.05, 3.63) is 18.3 Å². The Labute approximate surface area is 107 Å². The number of ether oxygens (including phenoxy) is 2. The molecule has 1 fully saturated rings. The van der Waals surface area contributed by atoms with E-state index in [-0.39, 0.29) is 18.3 Å². The van der Waals surface area contributed by atoms with E-state index in [1.54, 1.807) is 13.3 Å². The Balaban J connectivity index is 2.26. The van der Waals surface area contributed by atoms with Crippen molar-refractivity contribution in [1.82, 2.24) is 4.98 Å². The van der Waals surface area contributed by atoms with Crippen molar-refractivity contribution in [2.75, 3.05) is 31.7 Å². The second kappa shape index (κ2) is 5.12. The number of pyridine rings is 1. The Kier molecular flexibility index (Phi) is 3.73. The summed E-state index contributed by atoms with van der Waals surface area (Å²) in [5.74, 6) is 1.54. The summed E-state index contributed by atoms with van der Waals surface area (Å²) in [7, 11) is 1.63. The van der Waals surface area contributed by atoms with Crippen molar-refractivity contribution in [2.24, 2.45) is 0 Å². The van der Waals surface area contributed by atoms with Gasteiger partial charge in [0.25, 0.3) is 0 Å². The lowest BCUT2D eigenvalue weighted by Gasteiger charge is -2.43. The molecule has 0 aliphatic carbocycles. The first kappa shape index (κ1) is 13.1. The van der Waals surface area contributed by atoms with Crippen LogP contribution in [0.25, 0.3) is 0 Å². The van der Waals surface area contributed by atoms with E-state index in [4.69, 9.17) is 9.47 Å². The van der Waals surface area contributed by atoms with E-state index < -0.39 is 0 Å². The number of methoxy groups -OCH3 is 1. The fourth-order valence-corrected chi connectivity index (χ4v) is 2.33. The van der Waals surface area contributed by atoms with E-state index in [9.17, 15) is 5.11 Å². The van der Waals surface area contributed by atoms with Crippen LogP contribution in [0.1, 0.15) is 13.8 Å². The number of morpholine rings is 1. The summed E-state index contributed by atoms with van der Waals surface area (Å²) in [5.41, 5.74) is -0.311. The van der Waals surface area contributed by atoms with Gasteiger partial charge < -0.3 is 19.5 Å². The molecule has 2 rings (SSSR count). The van der Waals surface area contributed by atoms with Crippen LogP contribution in [-0.2, 0) is 4.74 Å². The highest BCUT2D eigenvalue weighted by Gasteiger charge is 2.34. The van der Waals surface area contributed by atoms with Gasteiger partial charge in [-0.1, -0.05) is 0 Å². The molecule has 100 valence electrons. The predicted octanol–water partition coefficient (Wildman–Crippen LogP) is 1.07. The third kappa shape index (κ3) is 2.73. The number of hydrogen-bond donors (Lipinski definition) is 1. The number of aliphatic hydroxyl groups is 1. The van der Waals surface area contributed by atoms with Crippen LogP contribution < -0.4 is 9.64 Å². The molecule has 1 N–H and O–H groups in total. The van der Waals surface area contributed by atoms with Gasteiger partial charge in [-0.25, -0.2) is 4.98 Å². The molecule has 1 saturated heterocycles. The molecule has 1 unspecified atom stereocenters. The monoisotopic (exact) mass is 252 g/mol. The number of nitrogens with zero attached hydrogens (tertiary/aromatic N) is 2. The Hall–Kier alpha value is -1.33. The van der Waals surface area contributed by atoms with Crippen molar-refractivity contribution >= 4 is 5.82 Å². The lowest BCUT2D eigenvalue weighted by Crippen LogP contribution is -2.54. The number of anilines is 1. The molecule has 2 heterocycles. The predicted molar refractivity (Wildman–Crippen MR) is 69.0 cm³/mol. The van der Waals surface area contributed by atoms with Crippen molar-refractivity contribution < 1.29 is 14.6 Å². The molecule has 1 atom stereocenters. The molecular formula is C13H20N2O3. The van der Waals surface area contributed by atoms with Gasteiger partial charge >= 0.3 is 0 Å². The summed E-state index contributed by atoms with van der Waals surface area (Å²) in [6.07, 6.45) is 1.55. The summed E-state index contributed by atoms with van der Waals surface area (Å²) in [4.78, 5) is 6.47. The average molecular weight is 252 g/mol. The van der Waals surface area contributed by atoms with E-state index >= 15 is 0 Å². The van der Waals surface area contributed by atoms with E-state index in [0.29, 0.717) is 6.54 Å². The summed E-state index contributed by atoms with van der Waals surface area (Å²) in [5, 5.41) is 9.31. The van der Waals surface area contributed by atoms with E-state index in [1.807, 2.05) is 26.0 Å². The van der Waals surface area contributed by atoms with Crippen LogP contribution in [0.3, 0.4) is 0 Å². The number of rotatable bonds is 3. The minimum Gasteiger partial charge on any atom is -0.493 e. The van der Waals surface area contributed by atoms with Gasteiger partial charge in [-0.2, -0.15) is 0 Å². The molecule has 0 saturated carbocycles. The quantitative estimate of drug-likeness (QED) is 0.872. The zero-order chi connectivity index (χ0) is 13.2. The van der Waals surface area contributed by atoms with Gasteiger partial charge in [-0.05, 0) is 26.0 Å². The van der Waals surface area contributed by atoms with Crippen molar-refractivity contribution in [1.29, 1.82) is 0 Å². The SMILES string of the molecule is COc1cccnc1N1CC(CO)OC(C)(C)C1. The molecule has 0 bridgehead atoms. The van der Waals surface area contributed by atoms with Gasteiger partial charge in [0.05, 0.1) is 25.4 Å². The average Bonchev–Trinajstić information content (AvgIpc) is 2.36. The first-order valence-corrected chi connectivity index (χ1v) is 6.08. The van der Waals surface area contributed by atoms with Gasteiger partial charge in [-0.15, -0.1) is 0 Å². The third-order valence-corrected chi connectivity index (χ3v) is 2.96. The fraction of sp³-hybridized carbons (Fsp3) is 0.615. The smallest absolute Gasteiger partial charge is 0.171 e. The zero-order valence-electron chi connectivity index (χ0n) is 11.1. The fourth-order valence-electron chi connectivity index (χ4n) is 2.33. The Morgan fingerprint density at radius 3 is 3.06 bits per heavy atom. The van der Waals surface area contributed by atoms with Crippen molar-refractivity contribution in [3.8, 4) is 5.75 Å². The lowest BCUT2D eigenvalue weighted by atomic mass is 10.1. The Bertz CT molecular complexity index is 409. The van der Waals surface area contributed by atoms with Gasteiger partial charge in [-0.3, -0.25) is 0 Å². The topological polar surface area (TPSA) is 54.8 Å². The lowest BCUT2D eigenvalue weighted by molar-refractivity contribution is -0.101. The zero-order valence-corrected chi connectivity index (χ0v) is 11.1. The maximum Gasteiger partial charge on any atom is 0.171 e. The summed E-state index contributed by atoms with van der Waals surface area (Å²) < 4.78 is 11.1. The standard InChI is InChI=1S/C13H20N2O3/c1-13(2)9-15(7-10(8-16)18-13)12-11(17-3)5-4-6-14-12/h4-6,10,16H,7-9H2,1-3H3. The summed E-state index contributed by atoms with van der Waals surface area (Å²) >= 11 is 0. The van der Waals surface area contributed by atoms with Crippen LogP contribution in [0.15, 0.2) is 18.3 Å². The van der Waals surface area contributed by atoms with Crippen molar-refractivity contribution in [3.63, 3.8) is 0 Å². The Morgan fingerprint density at radius 1 is 1.61 bits per heavy atom. The van der Waals surface area contributed by atoms with Gasteiger partial charge in [0.2, 0.25) is 0 Å². The molecule has 0 aromatic carbocycles. The van der Waals surface area contributed by atoms with Crippen molar-refractivity contribution in [2.45, 2.75) is 25.6 Å². The molecule has 0 radical (unpaired) electrons. The highest BCUT2D eigenvalue weighted by Crippen LogP contribution is 2.30. The van der Waals surface area contributed by atoms with E-state index in [1.165, 1.54) is 0 Å². The maximum absolute atomic E-state index is 9.31. The van der Waals surface area contributed by atoms with Crippen LogP contribution in [0, 0.1) is 0 Å². The van der Waals surface area contributed by atoms with Gasteiger partial charge in [0, 0.05) is 19.3 Å². The molecule has 18 heavy (non-hydrogen) atoms. The van der Waals surface area contributed by atoms with Crippen LogP contribution in [-0.4, -0.2) is 48.6 Å². The Morgan fingerprint density at radius 2 is 2.39 bits per heavy atom. The minimum absolute atomic E-state index is 0.00901. The van der Waals surface area contributed by atoms with Crippen LogP contribution >= 0.6 is 0 Å². The summed E-state index contributed by atoms with van der Waals surface area (Å²) in [6.45, 7) is 5.37. The molecule has 0 spiro atoms. The molecule has 1 aromatic heterocycles. The molecule has 5 heteroatoms. The number of aromatic nitrogens is 1. The van der Waals surface area contributed by atoms with E-state index in [2.05, 4.69) is 9.88 Å². The molecule has 1 aliphatic heterocycles. The highest BCUT2D eigenvalue weighted by molar-refractivity contribution is 5.52. The molecular weight excluding hydrogens is 232 g/mol. The van der Waals surface area contributed by atoms with E-state index in [0.717, 1.165) is 18.1 Å². The minimum atomic E-state index is -0.311. The number of hydrogen-bond acceptors (Lipinski definition) is 5. The van der Waals surface area contributed by atoms with Crippen LogP contribution in [0.4, 0.5) is 5.82 Å². The first-order valence-electron chi connectivity index (χ1n) is 6.08. The van der Waals surface area contributed by atoms with Crippen LogP contribution in [0.2, 0.25) is 0 Å².